The number of rotatable bonds is 15. The van der Waals surface area contributed by atoms with Crippen molar-refractivity contribution in [2.45, 2.75) is 102 Å². The molecule has 0 aliphatic carbocycles. The standard InChI is InChI=1S/C28H42Cl4Si2/c1-5-25-11-15-27(16-12-25)23(3)21-33(29,30)19-9-7-8-10-20-34(31,32)22-24(4)28-17-13-26(6-2)14-18-28/h11-18,23-24H,5-10,19-22H2,1-4H3. The molecule has 0 spiro atoms. The molecule has 0 saturated carbocycles. The third-order valence-electron chi connectivity index (χ3n) is 6.96. The van der Waals surface area contributed by atoms with Gasteiger partial charge in [0.1, 0.15) is 0 Å². The largest absolute Gasteiger partial charge is 0.251 e. The molecule has 0 amide bonds. The third kappa shape index (κ3) is 11.0. The predicted molar refractivity (Wildman–Crippen MR) is 161 cm³/mol. The lowest BCUT2D eigenvalue weighted by atomic mass is 10.0. The summed E-state index contributed by atoms with van der Waals surface area (Å²) in [4.78, 5) is 0. The topological polar surface area (TPSA) is 0 Å². The van der Waals surface area contributed by atoms with Gasteiger partial charge >= 0.3 is 0 Å². The summed E-state index contributed by atoms with van der Waals surface area (Å²) in [5.41, 5.74) is 5.43. The number of aryl methyl sites for hydroxylation is 2. The van der Waals surface area contributed by atoms with Crippen molar-refractivity contribution in [3.8, 4) is 0 Å². The Morgan fingerprint density at radius 3 is 1.18 bits per heavy atom. The van der Waals surface area contributed by atoms with Crippen LogP contribution in [0.3, 0.4) is 0 Å². The van der Waals surface area contributed by atoms with Crippen LogP contribution < -0.4 is 0 Å². The molecule has 0 aromatic heterocycles. The van der Waals surface area contributed by atoms with Crippen molar-refractivity contribution in [1.82, 2.24) is 0 Å². The van der Waals surface area contributed by atoms with Crippen molar-refractivity contribution in [2.75, 3.05) is 0 Å². The number of hydrogen-bond donors (Lipinski definition) is 0. The Balaban J connectivity index is 1.66. The van der Waals surface area contributed by atoms with Gasteiger partial charge in [-0.2, -0.15) is 0 Å². The van der Waals surface area contributed by atoms with E-state index in [0.29, 0.717) is 11.8 Å². The monoisotopic (exact) mass is 574 g/mol. The van der Waals surface area contributed by atoms with E-state index in [1.807, 2.05) is 0 Å². The highest BCUT2D eigenvalue weighted by Crippen LogP contribution is 2.37. The van der Waals surface area contributed by atoms with Crippen molar-refractivity contribution in [3.63, 3.8) is 0 Å². The minimum Gasteiger partial charge on any atom is -0.146 e. The summed E-state index contributed by atoms with van der Waals surface area (Å²) in [5.74, 6) is 0.818. The first-order valence-corrected chi connectivity index (χ1v) is 21.9. The zero-order chi connectivity index (χ0) is 25.2. The second kappa shape index (κ2) is 14.7. The third-order valence-corrected chi connectivity index (χ3v) is 15.7. The lowest BCUT2D eigenvalue weighted by molar-refractivity contribution is 0.692. The molecular formula is C28H42Cl4Si2. The van der Waals surface area contributed by atoms with E-state index in [2.05, 4.69) is 76.2 Å². The van der Waals surface area contributed by atoms with Gasteiger partial charge in [-0.25, -0.2) is 0 Å². The molecule has 2 rings (SSSR count). The summed E-state index contributed by atoms with van der Waals surface area (Å²) in [5, 5.41) is 0. The SMILES string of the molecule is CCc1ccc(C(C)C[Si](Cl)(Cl)CCCCCC[Si](Cl)(Cl)CC(C)c2ccc(CC)cc2)cc1. The molecule has 0 bridgehead atoms. The van der Waals surface area contributed by atoms with Gasteiger partial charge in [0.25, 0.3) is 13.4 Å². The second-order valence-corrected chi connectivity index (χ2v) is 25.1. The second-order valence-electron chi connectivity index (χ2n) is 10.0. The summed E-state index contributed by atoms with van der Waals surface area (Å²) in [6.07, 6.45) is 6.64. The summed E-state index contributed by atoms with van der Waals surface area (Å²) < 4.78 is 0. The summed E-state index contributed by atoms with van der Waals surface area (Å²) in [6, 6.07) is 21.6. The van der Waals surface area contributed by atoms with E-state index in [1.165, 1.54) is 22.3 Å². The molecule has 0 N–H and O–H groups in total. The predicted octanol–water partition coefficient (Wildman–Crippen LogP) is 11.1. The minimum atomic E-state index is -2.23. The Morgan fingerprint density at radius 1 is 0.559 bits per heavy atom. The van der Waals surface area contributed by atoms with E-state index >= 15 is 0 Å². The van der Waals surface area contributed by atoms with Crippen LogP contribution in [0.5, 0.6) is 0 Å². The highest BCUT2D eigenvalue weighted by Gasteiger charge is 2.32. The summed E-state index contributed by atoms with van der Waals surface area (Å²) in [6.45, 7) is 4.40. The Hall–Kier alpha value is 0.0338. The number of benzene rings is 2. The molecule has 0 fully saturated rings. The maximum absolute atomic E-state index is 6.83. The molecule has 0 radical (unpaired) electrons. The fraction of sp³-hybridized carbons (Fsp3) is 0.571. The Bertz CT molecular complexity index is 763. The Morgan fingerprint density at radius 2 is 0.882 bits per heavy atom. The molecule has 0 saturated heterocycles. The number of hydrogen-bond acceptors (Lipinski definition) is 0. The van der Waals surface area contributed by atoms with Crippen LogP contribution in [0.2, 0.25) is 24.2 Å². The van der Waals surface area contributed by atoms with Crippen LogP contribution in [0.4, 0.5) is 0 Å². The van der Waals surface area contributed by atoms with Crippen molar-refractivity contribution in [1.29, 1.82) is 0 Å². The van der Waals surface area contributed by atoms with Gasteiger partial charge in [-0.1, -0.05) is 102 Å². The number of halogens is 4. The molecule has 2 atom stereocenters. The molecule has 2 aromatic rings. The lowest BCUT2D eigenvalue weighted by Crippen LogP contribution is -2.22. The van der Waals surface area contributed by atoms with Crippen molar-refractivity contribution < 1.29 is 0 Å². The van der Waals surface area contributed by atoms with Crippen LogP contribution in [-0.2, 0) is 12.8 Å². The van der Waals surface area contributed by atoms with Crippen LogP contribution in [-0.4, -0.2) is 13.4 Å². The molecular weight excluding hydrogens is 534 g/mol. The average Bonchev–Trinajstić information content (AvgIpc) is 2.80. The fourth-order valence-electron chi connectivity index (χ4n) is 4.62. The van der Waals surface area contributed by atoms with Gasteiger partial charge in [0.2, 0.25) is 0 Å². The molecule has 2 unspecified atom stereocenters. The molecule has 2 aromatic carbocycles. The Kier molecular flexibility index (Phi) is 13.1. The maximum atomic E-state index is 6.83. The average molecular weight is 577 g/mol. The van der Waals surface area contributed by atoms with Gasteiger partial charge in [-0.3, -0.25) is 0 Å². The van der Waals surface area contributed by atoms with Crippen molar-refractivity contribution >= 4 is 57.7 Å². The van der Waals surface area contributed by atoms with Crippen LogP contribution in [0.15, 0.2) is 48.5 Å². The van der Waals surface area contributed by atoms with Crippen LogP contribution in [0.25, 0.3) is 0 Å². The molecule has 34 heavy (non-hydrogen) atoms. The van der Waals surface area contributed by atoms with Gasteiger partial charge in [-0.15, -0.1) is 44.3 Å². The molecule has 190 valence electrons. The van der Waals surface area contributed by atoms with Gasteiger partial charge in [0.15, 0.2) is 0 Å². The fourth-order valence-corrected chi connectivity index (χ4v) is 13.2. The molecule has 0 heterocycles. The molecule has 0 aliphatic heterocycles. The zero-order valence-corrected chi connectivity index (χ0v) is 26.4. The van der Waals surface area contributed by atoms with Gasteiger partial charge in [0.05, 0.1) is 0 Å². The zero-order valence-electron chi connectivity index (χ0n) is 21.4. The quantitative estimate of drug-likeness (QED) is 0.112. The molecule has 0 aliphatic rings. The lowest BCUT2D eigenvalue weighted by Gasteiger charge is -2.22. The summed E-state index contributed by atoms with van der Waals surface area (Å²) in [7, 11) is 0. The molecule has 6 heteroatoms. The van der Waals surface area contributed by atoms with Gasteiger partial charge in [0, 0.05) is 0 Å². The smallest absolute Gasteiger partial charge is 0.146 e. The molecule has 0 nitrogen and oxygen atoms in total. The van der Waals surface area contributed by atoms with E-state index in [0.717, 1.165) is 62.7 Å². The van der Waals surface area contributed by atoms with E-state index in [-0.39, 0.29) is 0 Å². The maximum Gasteiger partial charge on any atom is 0.251 e. The van der Waals surface area contributed by atoms with E-state index in [4.69, 9.17) is 44.3 Å². The first-order valence-electron chi connectivity index (χ1n) is 13.0. The first kappa shape index (κ1) is 30.3. The highest BCUT2D eigenvalue weighted by atomic mass is 35.7. The van der Waals surface area contributed by atoms with Gasteiger partial charge < -0.3 is 0 Å². The first-order chi connectivity index (χ1) is 16.0. The minimum absolute atomic E-state index is 0.409. The van der Waals surface area contributed by atoms with Crippen LogP contribution >= 0.6 is 44.3 Å². The van der Waals surface area contributed by atoms with E-state index in [9.17, 15) is 0 Å². The highest BCUT2D eigenvalue weighted by molar-refractivity contribution is 7.45. The van der Waals surface area contributed by atoms with Crippen molar-refractivity contribution in [2.24, 2.45) is 0 Å². The van der Waals surface area contributed by atoms with E-state index < -0.39 is 13.4 Å². The van der Waals surface area contributed by atoms with Gasteiger partial charge in [-0.05, 0) is 71.1 Å². The number of unbranched alkanes of at least 4 members (excludes halogenated alkanes) is 3. The van der Waals surface area contributed by atoms with Crippen LogP contribution in [0.1, 0.15) is 87.5 Å². The van der Waals surface area contributed by atoms with Crippen LogP contribution in [0, 0.1) is 0 Å². The van der Waals surface area contributed by atoms with E-state index in [1.54, 1.807) is 0 Å². The normalized spacial score (nSPS) is 14.2. The Labute approximate surface area is 229 Å². The van der Waals surface area contributed by atoms with Crippen molar-refractivity contribution in [3.05, 3.63) is 70.8 Å². The summed E-state index contributed by atoms with van der Waals surface area (Å²) >= 11 is 27.3.